The van der Waals surface area contributed by atoms with E-state index in [-0.39, 0.29) is 19.4 Å². The van der Waals surface area contributed by atoms with E-state index in [1.54, 1.807) is 41.5 Å². The van der Waals surface area contributed by atoms with Gasteiger partial charge < -0.3 is 19.5 Å². The van der Waals surface area contributed by atoms with Gasteiger partial charge in [0.25, 0.3) is 0 Å². The molecule has 0 aliphatic rings. The summed E-state index contributed by atoms with van der Waals surface area (Å²) >= 11 is 0. The van der Waals surface area contributed by atoms with Crippen LogP contribution in [-0.4, -0.2) is 35.3 Å². The fraction of sp³-hybridized carbons (Fsp3) is 0.571. The molecule has 0 spiro atoms. The molecule has 1 aromatic rings. The summed E-state index contributed by atoms with van der Waals surface area (Å²) in [7, 11) is 0. The van der Waals surface area contributed by atoms with Crippen molar-refractivity contribution in [3.05, 3.63) is 35.9 Å². The van der Waals surface area contributed by atoms with Gasteiger partial charge in [0.2, 0.25) is 0 Å². The van der Waals surface area contributed by atoms with Gasteiger partial charge in [0.1, 0.15) is 23.9 Å². The van der Waals surface area contributed by atoms with Crippen LogP contribution in [-0.2, 0) is 30.4 Å². The van der Waals surface area contributed by atoms with E-state index in [1.165, 1.54) is 0 Å². The Morgan fingerprint density at radius 3 is 2.04 bits per heavy atom. The standard InChI is InChI=1S/C21H31NO6/c1-20(2,3)27-17(23)13-12-16(18(24)28-21(4,5)6)22-19(25)26-14-15-10-8-7-9-11-15/h7-11,16H,12-14H2,1-6H3,(H,22,25)/t16-/m0/s1. The summed E-state index contributed by atoms with van der Waals surface area (Å²) in [5.74, 6) is -1.09. The summed E-state index contributed by atoms with van der Waals surface area (Å²) < 4.78 is 15.7. The van der Waals surface area contributed by atoms with Crippen molar-refractivity contribution >= 4 is 18.0 Å². The molecule has 1 aromatic carbocycles. The van der Waals surface area contributed by atoms with E-state index in [4.69, 9.17) is 14.2 Å². The minimum absolute atomic E-state index is 0.0415. The maximum absolute atomic E-state index is 12.4. The molecule has 1 amide bonds. The first-order valence-electron chi connectivity index (χ1n) is 9.28. The lowest BCUT2D eigenvalue weighted by molar-refractivity contribution is -0.158. The number of ether oxygens (including phenoxy) is 3. The average molecular weight is 393 g/mol. The second-order valence-corrected chi connectivity index (χ2v) is 8.42. The molecule has 0 aromatic heterocycles. The molecule has 0 heterocycles. The van der Waals surface area contributed by atoms with Crippen LogP contribution >= 0.6 is 0 Å². The van der Waals surface area contributed by atoms with Gasteiger partial charge in [-0.2, -0.15) is 0 Å². The smallest absolute Gasteiger partial charge is 0.408 e. The zero-order valence-corrected chi connectivity index (χ0v) is 17.5. The van der Waals surface area contributed by atoms with Crippen LogP contribution in [0.15, 0.2) is 30.3 Å². The summed E-state index contributed by atoms with van der Waals surface area (Å²) in [5.41, 5.74) is -0.530. The first-order valence-corrected chi connectivity index (χ1v) is 9.28. The first kappa shape index (κ1) is 23.5. The second kappa shape index (κ2) is 10.1. The maximum Gasteiger partial charge on any atom is 0.408 e. The normalized spacial score (nSPS) is 12.6. The Balaban J connectivity index is 2.67. The quantitative estimate of drug-likeness (QED) is 0.560. The zero-order chi connectivity index (χ0) is 21.4. The summed E-state index contributed by atoms with van der Waals surface area (Å²) in [4.78, 5) is 36.5. The van der Waals surface area contributed by atoms with Crippen molar-refractivity contribution in [3.8, 4) is 0 Å². The largest absolute Gasteiger partial charge is 0.460 e. The Labute approximate surface area is 166 Å². The lowest BCUT2D eigenvalue weighted by Gasteiger charge is -2.25. The average Bonchev–Trinajstić information content (AvgIpc) is 2.54. The number of rotatable bonds is 7. The zero-order valence-electron chi connectivity index (χ0n) is 17.5. The highest BCUT2D eigenvalue weighted by Crippen LogP contribution is 2.14. The Bertz CT molecular complexity index is 658. The van der Waals surface area contributed by atoms with Crippen molar-refractivity contribution in [1.82, 2.24) is 5.32 Å². The molecule has 28 heavy (non-hydrogen) atoms. The predicted molar refractivity (Wildman–Crippen MR) is 104 cm³/mol. The topological polar surface area (TPSA) is 90.9 Å². The summed E-state index contributed by atoms with van der Waals surface area (Å²) in [6, 6.07) is 8.15. The van der Waals surface area contributed by atoms with Gasteiger partial charge >= 0.3 is 18.0 Å². The van der Waals surface area contributed by atoms with Gasteiger partial charge in [-0.25, -0.2) is 9.59 Å². The lowest BCUT2D eigenvalue weighted by atomic mass is 10.1. The number of benzene rings is 1. The minimum atomic E-state index is -1.02. The van der Waals surface area contributed by atoms with Crippen molar-refractivity contribution in [1.29, 1.82) is 0 Å². The highest BCUT2D eigenvalue weighted by atomic mass is 16.6. The molecular formula is C21H31NO6. The van der Waals surface area contributed by atoms with E-state index >= 15 is 0 Å². The summed E-state index contributed by atoms with van der Waals surface area (Å²) in [6.07, 6.45) is -0.756. The molecule has 1 N–H and O–H groups in total. The molecule has 7 nitrogen and oxygen atoms in total. The van der Waals surface area contributed by atoms with Crippen LogP contribution in [0.5, 0.6) is 0 Å². The van der Waals surface area contributed by atoms with Crippen LogP contribution in [0, 0.1) is 0 Å². The van der Waals surface area contributed by atoms with Gasteiger partial charge in [-0.1, -0.05) is 30.3 Å². The first-order chi connectivity index (χ1) is 12.9. The van der Waals surface area contributed by atoms with Gasteiger partial charge in [-0.05, 0) is 53.5 Å². The molecule has 0 aliphatic heterocycles. The number of nitrogens with one attached hydrogen (secondary N) is 1. The van der Waals surface area contributed by atoms with Gasteiger partial charge in [0.15, 0.2) is 0 Å². The molecule has 0 saturated heterocycles. The van der Waals surface area contributed by atoms with Crippen LogP contribution in [0.4, 0.5) is 4.79 Å². The van der Waals surface area contributed by atoms with Crippen LogP contribution in [0.25, 0.3) is 0 Å². The Morgan fingerprint density at radius 2 is 1.50 bits per heavy atom. The maximum atomic E-state index is 12.4. The van der Waals surface area contributed by atoms with Gasteiger partial charge in [0.05, 0.1) is 0 Å². The number of hydrogen-bond acceptors (Lipinski definition) is 6. The van der Waals surface area contributed by atoms with Crippen molar-refractivity contribution in [2.24, 2.45) is 0 Å². The third-order valence-electron chi connectivity index (χ3n) is 3.25. The van der Waals surface area contributed by atoms with Crippen LogP contribution in [0.1, 0.15) is 59.9 Å². The predicted octanol–water partition coefficient (Wildman–Crippen LogP) is 3.75. The molecule has 1 atom stereocenters. The van der Waals surface area contributed by atoms with Gasteiger partial charge in [0, 0.05) is 6.42 Å². The summed E-state index contributed by atoms with van der Waals surface area (Å²) in [6.45, 7) is 10.5. The second-order valence-electron chi connectivity index (χ2n) is 8.42. The molecule has 0 saturated carbocycles. The van der Waals surface area contributed by atoms with Crippen molar-refractivity contribution in [2.45, 2.75) is 78.2 Å². The molecule has 1 rings (SSSR count). The molecule has 156 valence electrons. The van der Waals surface area contributed by atoms with Crippen LogP contribution < -0.4 is 5.32 Å². The number of amides is 1. The van der Waals surface area contributed by atoms with Crippen LogP contribution in [0.3, 0.4) is 0 Å². The number of hydrogen-bond donors (Lipinski definition) is 1. The van der Waals surface area contributed by atoms with Crippen molar-refractivity contribution in [3.63, 3.8) is 0 Å². The molecule has 0 radical (unpaired) electrons. The fourth-order valence-corrected chi connectivity index (χ4v) is 2.18. The van der Waals surface area contributed by atoms with Gasteiger partial charge in [-0.15, -0.1) is 0 Å². The highest BCUT2D eigenvalue weighted by Gasteiger charge is 2.28. The molecule has 0 bridgehead atoms. The number of esters is 2. The fourth-order valence-electron chi connectivity index (χ4n) is 2.18. The van der Waals surface area contributed by atoms with E-state index in [1.807, 2.05) is 30.3 Å². The molecule has 0 unspecified atom stereocenters. The van der Waals surface area contributed by atoms with E-state index in [0.29, 0.717) is 0 Å². The highest BCUT2D eigenvalue weighted by molar-refractivity contribution is 5.82. The minimum Gasteiger partial charge on any atom is -0.460 e. The molecule has 7 heteroatoms. The van der Waals surface area contributed by atoms with E-state index in [2.05, 4.69) is 5.32 Å². The third-order valence-corrected chi connectivity index (χ3v) is 3.25. The summed E-state index contributed by atoms with van der Waals surface area (Å²) in [5, 5.41) is 2.48. The number of carbonyl (C=O) groups is 3. The van der Waals surface area contributed by atoms with Gasteiger partial charge in [-0.3, -0.25) is 4.79 Å². The SMILES string of the molecule is CC(C)(C)OC(=O)CC[C@H](NC(=O)OCc1ccccc1)C(=O)OC(C)(C)C. The molecule has 0 aliphatic carbocycles. The Hall–Kier alpha value is -2.57. The van der Waals surface area contributed by atoms with Crippen molar-refractivity contribution < 1.29 is 28.6 Å². The third kappa shape index (κ3) is 10.5. The van der Waals surface area contributed by atoms with E-state index < -0.39 is 35.3 Å². The van der Waals surface area contributed by atoms with E-state index in [0.717, 1.165) is 5.56 Å². The monoisotopic (exact) mass is 393 g/mol. The molecular weight excluding hydrogens is 362 g/mol. The van der Waals surface area contributed by atoms with Crippen molar-refractivity contribution in [2.75, 3.05) is 0 Å². The van der Waals surface area contributed by atoms with Crippen LogP contribution in [0.2, 0.25) is 0 Å². The number of carbonyl (C=O) groups excluding carboxylic acids is 3. The Kier molecular flexibility index (Phi) is 8.47. The van der Waals surface area contributed by atoms with E-state index in [9.17, 15) is 14.4 Å². The molecule has 0 fully saturated rings. The Morgan fingerprint density at radius 1 is 0.929 bits per heavy atom. The lowest BCUT2D eigenvalue weighted by Crippen LogP contribution is -2.44. The number of alkyl carbamates (subject to hydrolysis) is 1.